The van der Waals surface area contributed by atoms with Gasteiger partial charge >= 0.3 is 0 Å². The van der Waals surface area contributed by atoms with E-state index >= 15 is 0 Å². The summed E-state index contributed by atoms with van der Waals surface area (Å²) < 4.78 is 0. The number of hydrogen-bond donors (Lipinski definition) is 2. The van der Waals surface area contributed by atoms with Gasteiger partial charge in [-0.25, -0.2) is 4.98 Å². The lowest BCUT2D eigenvalue weighted by Crippen LogP contribution is -2.13. The lowest BCUT2D eigenvalue weighted by molar-refractivity contribution is 0.102. The van der Waals surface area contributed by atoms with Gasteiger partial charge in [0, 0.05) is 5.56 Å². The summed E-state index contributed by atoms with van der Waals surface area (Å²) in [5.41, 5.74) is 8.66. The molecule has 0 aliphatic heterocycles. The van der Waals surface area contributed by atoms with Crippen LogP contribution in [0, 0.1) is 13.8 Å². The average molecular weight is 241 g/mol. The van der Waals surface area contributed by atoms with Gasteiger partial charge in [-0.15, -0.1) is 0 Å². The van der Waals surface area contributed by atoms with Crippen LogP contribution in [0.4, 0.5) is 11.5 Å². The number of nitrogens with zero attached hydrogens (tertiary/aromatic N) is 1. The Labute approximate surface area is 106 Å². The van der Waals surface area contributed by atoms with Gasteiger partial charge in [0.15, 0.2) is 0 Å². The Morgan fingerprint density at radius 2 is 2.00 bits per heavy atom. The van der Waals surface area contributed by atoms with Crippen LogP contribution < -0.4 is 11.1 Å². The van der Waals surface area contributed by atoms with Crippen molar-refractivity contribution in [2.24, 2.45) is 0 Å². The van der Waals surface area contributed by atoms with E-state index in [1.54, 1.807) is 25.1 Å². The molecule has 0 fully saturated rings. The Morgan fingerprint density at radius 3 is 2.67 bits per heavy atom. The Morgan fingerprint density at radius 1 is 1.22 bits per heavy atom. The minimum Gasteiger partial charge on any atom is -0.397 e. The van der Waals surface area contributed by atoms with Crippen LogP contribution in [0.2, 0.25) is 0 Å². The first kappa shape index (κ1) is 12.1. The van der Waals surface area contributed by atoms with Gasteiger partial charge in [-0.1, -0.05) is 17.7 Å². The zero-order valence-electron chi connectivity index (χ0n) is 10.4. The lowest BCUT2D eigenvalue weighted by atomic mass is 10.1. The van der Waals surface area contributed by atoms with Crippen molar-refractivity contribution in [3.8, 4) is 0 Å². The summed E-state index contributed by atoms with van der Waals surface area (Å²) in [7, 11) is 0. The van der Waals surface area contributed by atoms with Crippen molar-refractivity contribution in [3.63, 3.8) is 0 Å². The maximum absolute atomic E-state index is 12.0. The molecule has 0 bridgehead atoms. The number of carbonyl (C=O) groups is 1. The number of hydrogen-bond acceptors (Lipinski definition) is 3. The van der Waals surface area contributed by atoms with E-state index in [2.05, 4.69) is 10.3 Å². The molecule has 2 aromatic rings. The van der Waals surface area contributed by atoms with E-state index in [-0.39, 0.29) is 5.91 Å². The monoisotopic (exact) mass is 241 g/mol. The summed E-state index contributed by atoms with van der Waals surface area (Å²) in [4.78, 5) is 16.2. The molecule has 0 atom stereocenters. The molecule has 0 unspecified atom stereocenters. The molecule has 3 N–H and O–H groups in total. The number of pyridine rings is 1. The Kier molecular flexibility index (Phi) is 3.28. The van der Waals surface area contributed by atoms with Crippen molar-refractivity contribution in [2.75, 3.05) is 11.1 Å². The number of amides is 1. The SMILES string of the molecule is Cc1cccc(C(=O)Nc2ccc(N)c(C)n2)c1. The Bertz CT molecular complexity index is 593. The molecule has 0 radical (unpaired) electrons. The van der Waals surface area contributed by atoms with Crippen molar-refractivity contribution in [2.45, 2.75) is 13.8 Å². The second-order valence-electron chi connectivity index (χ2n) is 4.19. The average Bonchev–Trinajstić information content (AvgIpc) is 2.34. The van der Waals surface area contributed by atoms with Gasteiger partial charge in [-0.2, -0.15) is 0 Å². The molecular weight excluding hydrogens is 226 g/mol. The van der Waals surface area contributed by atoms with Crippen LogP contribution in [-0.2, 0) is 0 Å². The maximum atomic E-state index is 12.0. The molecule has 0 spiro atoms. The number of carbonyl (C=O) groups excluding carboxylic acids is 1. The highest BCUT2D eigenvalue weighted by Crippen LogP contribution is 2.13. The fraction of sp³-hybridized carbons (Fsp3) is 0.143. The molecule has 2 rings (SSSR count). The third kappa shape index (κ3) is 2.66. The molecule has 18 heavy (non-hydrogen) atoms. The van der Waals surface area contributed by atoms with Crippen molar-refractivity contribution in [3.05, 3.63) is 53.2 Å². The summed E-state index contributed by atoms with van der Waals surface area (Å²) in [5, 5.41) is 2.75. The molecule has 1 heterocycles. The molecule has 1 aromatic heterocycles. The van der Waals surface area contributed by atoms with Gasteiger partial charge in [0.2, 0.25) is 0 Å². The molecule has 4 nitrogen and oxygen atoms in total. The highest BCUT2D eigenvalue weighted by Gasteiger charge is 2.07. The quantitative estimate of drug-likeness (QED) is 0.849. The van der Waals surface area contributed by atoms with Gasteiger partial charge in [0.05, 0.1) is 11.4 Å². The number of rotatable bonds is 2. The second-order valence-corrected chi connectivity index (χ2v) is 4.19. The smallest absolute Gasteiger partial charge is 0.256 e. The molecule has 1 amide bonds. The van der Waals surface area contributed by atoms with E-state index < -0.39 is 0 Å². The number of benzene rings is 1. The van der Waals surface area contributed by atoms with E-state index in [9.17, 15) is 4.79 Å². The molecule has 1 aromatic carbocycles. The first-order valence-corrected chi connectivity index (χ1v) is 5.67. The van der Waals surface area contributed by atoms with Crippen LogP contribution >= 0.6 is 0 Å². The zero-order chi connectivity index (χ0) is 13.1. The summed E-state index contributed by atoms with van der Waals surface area (Å²) in [5.74, 6) is 0.337. The molecule has 4 heteroatoms. The van der Waals surface area contributed by atoms with E-state index in [0.29, 0.717) is 22.8 Å². The highest BCUT2D eigenvalue weighted by molar-refractivity contribution is 6.03. The van der Waals surface area contributed by atoms with Gasteiger partial charge in [0.25, 0.3) is 5.91 Å². The molecule has 0 aliphatic carbocycles. The number of nitrogens with two attached hydrogens (primary N) is 1. The van der Waals surface area contributed by atoms with Crippen molar-refractivity contribution in [1.29, 1.82) is 0 Å². The van der Waals surface area contributed by atoms with E-state index in [1.165, 1.54) is 0 Å². The Balaban J connectivity index is 2.18. The first-order valence-electron chi connectivity index (χ1n) is 5.67. The molecule has 0 saturated heterocycles. The van der Waals surface area contributed by atoms with Crippen LogP contribution in [0.15, 0.2) is 36.4 Å². The van der Waals surface area contributed by atoms with E-state index in [4.69, 9.17) is 5.73 Å². The van der Waals surface area contributed by atoms with Crippen molar-refractivity contribution in [1.82, 2.24) is 4.98 Å². The van der Waals surface area contributed by atoms with Crippen LogP contribution in [0.25, 0.3) is 0 Å². The zero-order valence-corrected chi connectivity index (χ0v) is 10.4. The van der Waals surface area contributed by atoms with Crippen molar-refractivity contribution >= 4 is 17.4 Å². The minimum absolute atomic E-state index is 0.171. The minimum atomic E-state index is -0.171. The third-order valence-electron chi connectivity index (χ3n) is 2.65. The fourth-order valence-electron chi connectivity index (χ4n) is 1.62. The third-order valence-corrected chi connectivity index (χ3v) is 2.65. The topological polar surface area (TPSA) is 68.0 Å². The standard InChI is InChI=1S/C14H15N3O/c1-9-4-3-5-11(8-9)14(18)17-13-7-6-12(15)10(2)16-13/h3-8H,15H2,1-2H3,(H,16,17,18). The van der Waals surface area contributed by atoms with Gasteiger partial charge in [0.1, 0.15) is 5.82 Å². The normalized spacial score (nSPS) is 10.1. The van der Waals surface area contributed by atoms with Gasteiger partial charge < -0.3 is 11.1 Å². The number of aryl methyl sites for hydroxylation is 2. The van der Waals surface area contributed by atoms with Gasteiger partial charge in [-0.3, -0.25) is 4.79 Å². The maximum Gasteiger partial charge on any atom is 0.256 e. The van der Waals surface area contributed by atoms with Crippen LogP contribution in [-0.4, -0.2) is 10.9 Å². The predicted molar refractivity (Wildman–Crippen MR) is 72.5 cm³/mol. The first-order chi connectivity index (χ1) is 8.56. The predicted octanol–water partition coefficient (Wildman–Crippen LogP) is 2.53. The molecule has 0 aliphatic rings. The summed E-state index contributed by atoms with van der Waals surface area (Å²) in [6.45, 7) is 3.75. The largest absolute Gasteiger partial charge is 0.397 e. The van der Waals surface area contributed by atoms with E-state index in [0.717, 1.165) is 5.56 Å². The fourth-order valence-corrected chi connectivity index (χ4v) is 1.62. The summed E-state index contributed by atoms with van der Waals surface area (Å²) in [6, 6.07) is 10.8. The van der Waals surface area contributed by atoms with Crippen LogP contribution in [0.3, 0.4) is 0 Å². The molecular formula is C14H15N3O. The lowest BCUT2D eigenvalue weighted by Gasteiger charge is -2.07. The number of aromatic nitrogens is 1. The molecule has 92 valence electrons. The number of anilines is 2. The van der Waals surface area contributed by atoms with E-state index in [1.807, 2.05) is 25.1 Å². The van der Waals surface area contributed by atoms with Gasteiger partial charge in [-0.05, 0) is 38.1 Å². The number of nitrogen functional groups attached to an aromatic ring is 1. The second kappa shape index (κ2) is 4.87. The highest BCUT2D eigenvalue weighted by atomic mass is 16.1. The van der Waals surface area contributed by atoms with Crippen LogP contribution in [0.5, 0.6) is 0 Å². The Hall–Kier alpha value is -2.36. The summed E-state index contributed by atoms with van der Waals surface area (Å²) >= 11 is 0. The van der Waals surface area contributed by atoms with Crippen LogP contribution in [0.1, 0.15) is 21.6 Å². The number of nitrogens with one attached hydrogen (secondary N) is 1. The summed E-state index contributed by atoms with van der Waals surface area (Å²) in [6.07, 6.45) is 0. The van der Waals surface area contributed by atoms with Crippen molar-refractivity contribution < 1.29 is 4.79 Å². The molecule has 0 saturated carbocycles.